The highest BCUT2D eigenvalue weighted by Crippen LogP contribution is 2.36. The number of piperidine rings is 1. The highest BCUT2D eigenvalue weighted by molar-refractivity contribution is 7.91. The molecule has 0 radical (unpaired) electrons. The van der Waals surface area contributed by atoms with Gasteiger partial charge in [-0.1, -0.05) is 18.2 Å². The number of nitrogens with one attached hydrogen (secondary N) is 1. The molecule has 1 heterocycles. The minimum absolute atomic E-state index is 0.163. The van der Waals surface area contributed by atoms with Gasteiger partial charge in [-0.3, -0.25) is 4.79 Å². The van der Waals surface area contributed by atoms with Crippen LogP contribution in [0, 0.1) is 0 Å². The van der Waals surface area contributed by atoms with Crippen LogP contribution in [-0.2, 0) is 35.7 Å². The van der Waals surface area contributed by atoms with Crippen molar-refractivity contribution < 1.29 is 39.6 Å². The van der Waals surface area contributed by atoms with Crippen LogP contribution in [0.4, 0.5) is 13.2 Å². The van der Waals surface area contributed by atoms with Crippen molar-refractivity contribution in [2.24, 2.45) is 0 Å². The Morgan fingerprint density at radius 1 is 1.06 bits per heavy atom. The number of hydrogen-bond acceptors (Lipinski definition) is 7. The average Bonchev–Trinajstić information content (AvgIpc) is 2.75. The van der Waals surface area contributed by atoms with Crippen molar-refractivity contribution in [1.82, 2.24) is 9.79 Å². The molecule has 2 unspecified atom stereocenters. The summed E-state index contributed by atoms with van der Waals surface area (Å²) in [5.41, 5.74) is -1.47. The Hall–Kier alpha value is -2.48. The maximum atomic E-state index is 13.6. The van der Waals surface area contributed by atoms with Gasteiger partial charge in [0.25, 0.3) is 0 Å². The standard InChI is InChI=1S/C21H23F3N2O6S2/c1-14-12-16(10-11-26(14)32-15(2)27)25-34(30,31)20-13-18(8-9-19(20)21(22,23)24)33(28,29)17-6-4-3-5-7-17/h3-9,13-14,16,25H,10-12H2,1-2H3. The molecule has 1 fully saturated rings. The van der Waals surface area contributed by atoms with Crippen molar-refractivity contribution in [3.05, 3.63) is 54.1 Å². The first-order valence-corrected chi connectivity index (χ1v) is 13.2. The molecule has 0 bridgehead atoms. The first-order chi connectivity index (χ1) is 15.7. The van der Waals surface area contributed by atoms with E-state index in [0.717, 1.165) is 6.07 Å². The highest BCUT2D eigenvalue weighted by Gasteiger charge is 2.39. The Bertz CT molecular complexity index is 1270. The number of sulfone groups is 1. The number of hydroxylamine groups is 2. The Morgan fingerprint density at radius 3 is 2.26 bits per heavy atom. The van der Waals surface area contributed by atoms with E-state index in [1.54, 1.807) is 13.0 Å². The molecule has 34 heavy (non-hydrogen) atoms. The summed E-state index contributed by atoms with van der Waals surface area (Å²) < 4.78 is 95.1. The number of carbonyl (C=O) groups excluding carboxylic acids is 1. The van der Waals surface area contributed by atoms with E-state index in [0.29, 0.717) is 12.1 Å². The lowest BCUT2D eigenvalue weighted by atomic mass is 10.0. The number of benzene rings is 2. The van der Waals surface area contributed by atoms with Gasteiger partial charge in [0.05, 0.1) is 20.2 Å². The summed E-state index contributed by atoms with van der Waals surface area (Å²) in [6.45, 7) is 3.07. The molecule has 0 saturated carbocycles. The molecule has 1 aliphatic heterocycles. The molecular weight excluding hydrogens is 497 g/mol. The summed E-state index contributed by atoms with van der Waals surface area (Å²) in [6.07, 6.45) is -4.71. The van der Waals surface area contributed by atoms with Gasteiger partial charge in [0.1, 0.15) is 0 Å². The molecule has 0 aliphatic carbocycles. The number of halogens is 3. The first-order valence-electron chi connectivity index (χ1n) is 10.2. The van der Waals surface area contributed by atoms with E-state index in [2.05, 4.69) is 4.72 Å². The molecule has 1 aliphatic rings. The van der Waals surface area contributed by atoms with E-state index < -0.39 is 59.4 Å². The van der Waals surface area contributed by atoms with Crippen LogP contribution in [-0.4, -0.2) is 46.5 Å². The fourth-order valence-corrected chi connectivity index (χ4v) is 6.62. The lowest BCUT2D eigenvalue weighted by molar-refractivity contribution is -0.204. The summed E-state index contributed by atoms with van der Waals surface area (Å²) in [7, 11) is -9.02. The Kier molecular flexibility index (Phi) is 7.41. The van der Waals surface area contributed by atoms with Gasteiger partial charge >= 0.3 is 12.1 Å². The van der Waals surface area contributed by atoms with Gasteiger partial charge in [-0.2, -0.15) is 13.2 Å². The van der Waals surface area contributed by atoms with Gasteiger partial charge in [0.2, 0.25) is 19.9 Å². The number of hydrogen-bond donors (Lipinski definition) is 1. The van der Waals surface area contributed by atoms with Crippen molar-refractivity contribution in [2.75, 3.05) is 6.54 Å². The largest absolute Gasteiger partial charge is 0.417 e. The van der Waals surface area contributed by atoms with Crippen LogP contribution >= 0.6 is 0 Å². The van der Waals surface area contributed by atoms with Crippen molar-refractivity contribution in [2.45, 2.75) is 59.6 Å². The molecule has 2 atom stereocenters. The van der Waals surface area contributed by atoms with Crippen LogP contribution in [0.5, 0.6) is 0 Å². The molecule has 0 aromatic heterocycles. The Labute approximate surface area is 195 Å². The third kappa shape index (κ3) is 5.77. The van der Waals surface area contributed by atoms with Gasteiger partial charge in [0, 0.05) is 25.6 Å². The molecule has 1 N–H and O–H groups in total. The molecule has 13 heteroatoms. The number of carbonyl (C=O) groups is 1. The number of rotatable bonds is 6. The molecule has 1 saturated heterocycles. The SMILES string of the molecule is CC(=O)ON1CCC(NS(=O)(=O)c2cc(S(=O)(=O)c3ccccc3)ccc2C(F)(F)F)CC1C. The summed E-state index contributed by atoms with van der Waals surface area (Å²) in [6, 6.07) is 7.57. The molecule has 2 aromatic carbocycles. The lowest BCUT2D eigenvalue weighted by Crippen LogP contribution is -2.49. The summed E-state index contributed by atoms with van der Waals surface area (Å²) in [5, 5.41) is 1.38. The molecule has 0 spiro atoms. The van der Waals surface area contributed by atoms with Gasteiger partial charge in [-0.15, -0.1) is 5.06 Å². The lowest BCUT2D eigenvalue weighted by Gasteiger charge is -2.35. The first kappa shape index (κ1) is 26.1. The van der Waals surface area contributed by atoms with Crippen LogP contribution in [0.3, 0.4) is 0 Å². The fraction of sp³-hybridized carbons (Fsp3) is 0.381. The van der Waals surface area contributed by atoms with E-state index in [9.17, 15) is 34.8 Å². The molecule has 2 aromatic rings. The molecular formula is C21H23F3N2O6S2. The van der Waals surface area contributed by atoms with Crippen molar-refractivity contribution in [3.63, 3.8) is 0 Å². The quantitative estimate of drug-likeness (QED) is 0.623. The smallest absolute Gasteiger partial charge is 0.368 e. The Balaban J connectivity index is 1.97. The maximum absolute atomic E-state index is 13.6. The normalized spacial score (nSPS) is 20.1. The van der Waals surface area contributed by atoms with Crippen LogP contribution < -0.4 is 4.72 Å². The van der Waals surface area contributed by atoms with Gasteiger partial charge in [-0.25, -0.2) is 21.6 Å². The Morgan fingerprint density at radius 2 is 1.71 bits per heavy atom. The van der Waals surface area contributed by atoms with E-state index in [1.165, 1.54) is 36.3 Å². The zero-order valence-corrected chi connectivity index (χ0v) is 19.9. The predicted molar refractivity (Wildman–Crippen MR) is 115 cm³/mol. The summed E-state index contributed by atoms with van der Waals surface area (Å²) in [4.78, 5) is 14.3. The summed E-state index contributed by atoms with van der Waals surface area (Å²) in [5.74, 6) is -0.544. The minimum Gasteiger partial charge on any atom is -0.368 e. The highest BCUT2D eigenvalue weighted by atomic mass is 32.2. The van der Waals surface area contributed by atoms with Crippen LogP contribution in [0.15, 0.2) is 63.2 Å². The van der Waals surface area contributed by atoms with Gasteiger partial charge in [0.15, 0.2) is 0 Å². The van der Waals surface area contributed by atoms with Crippen LogP contribution in [0.2, 0.25) is 0 Å². The average molecular weight is 521 g/mol. The minimum atomic E-state index is -5.04. The number of sulfonamides is 1. The second-order valence-electron chi connectivity index (χ2n) is 7.89. The second kappa shape index (κ2) is 9.64. The zero-order chi connectivity index (χ0) is 25.3. The van der Waals surface area contributed by atoms with Crippen molar-refractivity contribution >= 4 is 25.8 Å². The fourth-order valence-electron chi connectivity index (χ4n) is 3.70. The number of nitrogens with zero attached hydrogens (tertiary/aromatic N) is 1. The molecule has 186 valence electrons. The zero-order valence-electron chi connectivity index (χ0n) is 18.2. The maximum Gasteiger partial charge on any atom is 0.417 e. The predicted octanol–water partition coefficient (Wildman–Crippen LogP) is 3.15. The van der Waals surface area contributed by atoms with Gasteiger partial charge in [-0.05, 0) is 50.1 Å². The molecule has 0 amide bonds. The third-order valence-electron chi connectivity index (χ3n) is 5.29. The van der Waals surface area contributed by atoms with E-state index in [4.69, 9.17) is 4.84 Å². The topological polar surface area (TPSA) is 110 Å². The van der Waals surface area contributed by atoms with Crippen LogP contribution in [0.1, 0.15) is 32.3 Å². The third-order valence-corrected chi connectivity index (χ3v) is 8.62. The van der Waals surface area contributed by atoms with E-state index in [1.807, 2.05) is 0 Å². The molecule has 3 rings (SSSR count). The monoisotopic (exact) mass is 520 g/mol. The second-order valence-corrected chi connectivity index (χ2v) is 11.5. The van der Waals surface area contributed by atoms with Gasteiger partial charge < -0.3 is 4.84 Å². The van der Waals surface area contributed by atoms with Crippen LogP contribution in [0.25, 0.3) is 0 Å². The molecule has 8 nitrogen and oxygen atoms in total. The van der Waals surface area contributed by atoms with E-state index in [-0.39, 0.29) is 24.3 Å². The van der Waals surface area contributed by atoms with Crippen molar-refractivity contribution in [1.29, 1.82) is 0 Å². The summed E-state index contributed by atoms with van der Waals surface area (Å²) >= 11 is 0. The van der Waals surface area contributed by atoms with Crippen molar-refractivity contribution in [3.8, 4) is 0 Å². The number of alkyl halides is 3. The van der Waals surface area contributed by atoms with E-state index >= 15 is 0 Å².